The smallest absolute Gasteiger partial charge is 0.237 e. The quantitative estimate of drug-likeness (QED) is 0.570. The number of carbonyl (C=O) groups excluding carboxylic acids is 1. The molecule has 0 aromatic rings. The maximum atomic E-state index is 11.9. The van der Waals surface area contributed by atoms with E-state index in [1.807, 2.05) is 13.8 Å². The molecule has 0 bridgehead atoms. The van der Waals surface area contributed by atoms with Crippen LogP contribution in [0.25, 0.3) is 0 Å². The summed E-state index contributed by atoms with van der Waals surface area (Å²) in [4.78, 5) is 14.0. The SMILES string of the molecule is CCCNC(=O)C(C)N(CCO)CC1CCCN1. The molecule has 1 fully saturated rings. The minimum atomic E-state index is -0.175. The molecule has 0 radical (unpaired) electrons. The van der Waals surface area contributed by atoms with E-state index >= 15 is 0 Å². The maximum absolute atomic E-state index is 11.9. The van der Waals surface area contributed by atoms with Crippen LogP contribution in [0.3, 0.4) is 0 Å². The van der Waals surface area contributed by atoms with Crippen molar-refractivity contribution in [1.82, 2.24) is 15.5 Å². The molecule has 1 aliphatic heterocycles. The number of aliphatic hydroxyl groups excluding tert-OH is 1. The van der Waals surface area contributed by atoms with Crippen molar-refractivity contribution in [2.45, 2.75) is 45.2 Å². The van der Waals surface area contributed by atoms with Crippen molar-refractivity contribution in [3.8, 4) is 0 Å². The second-order valence-electron chi connectivity index (χ2n) is 4.98. The molecule has 5 heteroatoms. The van der Waals surface area contributed by atoms with E-state index in [2.05, 4.69) is 15.5 Å². The molecule has 1 rings (SSSR count). The standard InChI is InChI=1S/C13H27N3O2/c1-3-6-15-13(18)11(2)16(8-9-17)10-12-5-4-7-14-12/h11-12,14,17H,3-10H2,1-2H3,(H,15,18). The number of rotatable bonds is 8. The molecule has 2 unspecified atom stereocenters. The Balaban J connectivity index is 2.44. The van der Waals surface area contributed by atoms with Crippen molar-refractivity contribution in [2.75, 3.05) is 32.8 Å². The molecule has 1 aliphatic rings. The summed E-state index contributed by atoms with van der Waals surface area (Å²) in [6, 6.07) is 0.282. The van der Waals surface area contributed by atoms with Gasteiger partial charge in [0.1, 0.15) is 0 Å². The van der Waals surface area contributed by atoms with Gasteiger partial charge in [0.2, 0.25) is 5.91 Å². The highest BCUT2D eigenvalue weighted by molar-refractivity contribution is 5.81. The van der Waals surface area contributed by atoms with Gasteiger partial charge < -0.3 is 15.7 Å². The van der Waals surface area contributed by atoms with Crippen molar-refractivity contribution >= 4 is 5.91 Å². The van der Waals surface area contributed by atoms with E-state index < -0.39 is 0 Å². The molecule has 1 amide bonds. The minimum Gasteiger partial charge on any atom is -0.395 e. The summed E-state index contributed by atoms with van der Waals surface area (Å²) in [5.74, 6) is 0.0586. The van der Waals surface area contributed by atoms with Gasteiger partial charge >= 0.3 is 0 Å². The summed E-state index contributed by atoms with van der Waals surface area (Å²) < 4.78 is 0. The van der Waals surface area contributed by atoms with Crippen LogP contribution in [0.4, 0.5) is 0 Å². The summed E-state index contributed by atoms with van der Waals surface area (Å²) in [5, 5.41) is 15.5. The van der Waals surface area contributed by atoms with E-state index in [9.17, 15) is 4.79 Å². The van der Waals surface area contributed by atoms with E-state index in [1.54, 1.807) is 0 Å². The number of hydrogen-bond donors (Lipinski definition) is 3. The second-order valence-corrected chi connectivity index (χ2v) is 4.98. The fraction of sp³-hybridized carbons (Fsp3) is 0.923. The number of amides is 1. The van der Waals surface area contributed by atoms with Gasteiger partial charge in [-0.05, 0) is 32.7 Å². The lowest BCUT2D eigenvalue weighted by Gasteiger charge is -2.30. The molecule has 0 saturated carbocycles. The Morgan fingerprint density at radius 3 is 2.94 bits per heavy atom. The van der Waals surface area contributed by atoms with E-state index in [0.717, 1.165) is 32.5 Å². The summed E-state index contributed by atoms with van der Waals surface area (Å²) in [7, 11) is 0. The van der Waals surface area contributed by atoms with Crippen LogP contribution in [-0.4, -0.2) is 60.8 Å². The van der Waals surface area contributed by atoms with Crippen LogP contribution < -0.4 is 10.6 Å². The Kier molecular flexibility index (Phi) is 7.23. The van der Waals surface area contributed by atoms with Gasteiger partial charge in [-0.15, -0.1) is 0 Å². The first-order valence-electron chi connectivity index (χ1n) is 7.05. The molecule has 0 aromatic heterocycles. The zero-order valence-corrected chi connectivity index (χ0v) is 11.6. The topological polar surface area (TPSA) is 64.6 Å². The number of aliphatic hydroxyl groups is 1. The van der Waals surface area contributed by atoms with Crippen molar-refractivity contribution < 1.29 is 9.90 Å². The molecule has 0 aliphatic carbocycles. The van der Waals surface area contributed by atoms with E-state index in [-0.39, 0.29) is 18.6 Å². The molecule has 18 heavy (non-hydrogen) atoms. The summed E-state index contributed by atoms with van der Waals surface area (Å²) in [6.07, 6.45) is 3.31. The largest absolute Gasteiger partial charge is 0.395 e. The summed E-state index contributed by atoms with van der Waals surface area (Å²) >= 11 is 0. The van der Waals surface area contributed by atoms with Gasteiger partial charge in [-0.25, -0.2) is 0 Å². The van der Waals surface area contributed by atoms with E-state index in [0.29, 0.717) is 12.6 Å². The third kappa shape index (κ3) is 4.92. The zero-order chi connectivity index (χ0) is 13.4. The molecule has 5 nitrogen and oxygen atoms in total. The van der Waals surface area contributed by atoms with Gasteiger partial charge in [0.25, 0.3) is 0 Å². The first-order valence-corrected chi connectivity index (χ1v) is 7.05. The molecule has 2 atom stereocenters. The summed E-state index contributed by atoms with van der Waals surface area (Å²) in [5.41, 5.74) is 0. The Bertz CT molecular complexity index is 242. The Hall–Kier alpha value is -0.650. The molecule has 3 N–H and O–H groups in total. The molecule has 106 valence electrons. The fourth-order valence-electron chi connectivity index (χ4n) is 2.33. The number of hydrogen-bond acceptors (Lipinski definition) is 4. The van der Waals surface area contributed by atoms with Gasteiger partial charge in [0.05, 0.1) is 12.6 Å². The van der Waals surface area contributed by atoms with Crippen LogP contribution >= 0.6 is 0 Å². The fourth-order valence-corrected chi connectivity index (χ4v) is 2.33. The average molecular weight is 257 g/mol. The normalized spacial score (nSPS) is 21.2. The average Bonchev–Trinajstić information content (AvgIpc) is 2.87. The van der Waals surface area contributed by atoms with Crippen molar-refractivity contribution in [3.05, 3.63) is 0 Å². The molecule has 1 saturated heterocycles. The first-order chi connectivity index (χ1) is 8.69. The van der Waals surface area contributed by atoms with Gasteiger partial charge in [0, 0.05) is 25.7 Å². The number of nitrogens with zero attached hydrogens (tertiary/aromatic N) is 1. The van der Waals surface area contributed by atoms with Gasteiger partial charge in [0.15, 0.2) is 0 Å². The van der Waals surface area contributed by atoms with Crippen molar-refractivity contribution in [1.29, 1.82) is 0 Å². The Morgan fingerprint density at radius 2 is 2.39 bits per heavy atom. The minimum absolute atomic E-state index is 0.0586. The van der Waals surface area contributed by atoms with Crippen LogP contribution in [0, 0.1) is 0 Å². The third-order valence-corrected chi connectivity index (χ3v) is 3.48. The van der Waals surface area contributed by atoms with Crippen molar-refractivity contribution in [3.63, 3.8) is 0 Å². The zero-order valence-electron chi connectivity index (χ0n) is 11.6. The second kappa shape index (κ2) is 8.45. The number of nitrogens with one attached hydrogen (secondary N) is 2. The summed E-state index contributed by atoms with van der Waals surface area (Å²) in [6.45, 7) is 7.22. The van der Waals surface area contributed by atoms with Gasteiger partial charge in [-0.1, -0.05) is 6.92 Å². The monoisotopic (exact) mass is 257 g/mol. The highest BCUT2D eigenvalue weighted by atomic mass is 16.3. The van der Waals surface area contributed by atoms with Crippen LogP contribution in [0.15, 0.2) is 0 Å². The third-order valence-electron chi connectivity index (χ3n) is 3.48. The highest BCUT2D eigenvalue weighted by Crippen LogP contribution is 2.09. The van der Waals surface area contributed by atoms with E-state index in [4.69, 9.17) is 5.11 Å². The van der Waals surface area contributed by atoms with Gasteiger partial charge in [-0.2, -0.15) is 0 Å². The van der Waals surface area contributed by atoms with Crippen LogP contribution in [-0.2, 0) is 4.79 Å². The highest BCUT2D eigenvalue weighted by Gasteiger charge is 2.24. The molecular weight excluding hydrogens is 230 g/mol. The van der Waals surface area contributed by atoms with Crippen molar-refractivity contribution in [2.24, 2.45) is 0 Å². The van der Waals surface area contributed by atoms with Crippen LogP contribution in [0.5, 0.6) is 0 Å². The first kappa shape index (κ1) is 15.4. The van der Waals surface area contributed by atoms with Crippen LogP contribution in [0.1, 0.15) is 33.1 Å². The molecule has 0 aromatic carbocycles. The maximum Gasteiger partial charge on any atom is 0.237 e. The van der Waals surface area contributed by atoms with Gasteiger partial charge in [-0.3, -0.25) is 9.69 Å². The lowest BCUT2D eigenvalue weighted by molar-refractivity contribution is -0.126. The van der Waals surface area contributed by atoms with E-state index in [1.165, 1.54) is 6.42 Å². The predicted molar refractivity (Wildman–Crippen MR) is 72.4 cm³/mol. The predicted octanol–water partition coefficient (Wildman–Crippen LogP) is -0.0526. The Labute approximate surface area is 110 Å². The molecule has 1 heterocycles. The lowest BCUT2D eigenvalue weighted by Crippen LogP contribution is -2.50. The number of carbonyl (C=O) groups is 1. The Morgan fingerprint density at radius 1 is 1.61 bits per heavy atom. The van der Waals surface area contributed by atoms with Crippen LogP contribution in [0.2, 0.25) is 0 Å². The molecular formula is C13H27N3O2. The lowest BCUT2D eigenvalue weighted by atomic mass is 10.1. The molecule has 0 spiro atoms.